The lowest BCUT2D eigenvalue weighted by molar-refractivity contribution is -0.384. The zero-order chi connectivity index (χ0) is 30.0. The Morgan fingerprint density at radius 3 is 2.19 bits per heavy atom. The largest absolute Gasteiger partial charge is 0.352 e. The number of hydrogen-bond donors (Lipinski definition) is 1. The van der Waals surface area contributed by atoms with Gasteiger partial charge in [-0.1, -0.05) is 72.3 Å². The summed E-state index contributed by atoms with van der Waals surface area (Å²) in [6, 6.07) is 25.9. The van der Waals surface area contributed by atoms with E-state index >= 15 is 0 Å². The number of benzene rings is 4. The van der Waals surface area contributed by atoms with Gasteiger partial charge in [-0.05, 0) is 49.2 Å². The maximum absolute atomic E-state index is 14.8. The number of amides is 1. The van der Waals surface area contributed by atoms with Crippen LogP contribution in [0.15, 0.2) is 103 Å². The van der Waals surface area contributed by atoms with Crippen LogP contribution >= 0.6 is 0 Å². The minimum atomic E-state index is -1.42. The molecule has 4 atom stereocenters. The van der Waals surface area contributed by atoms with Gasteiger partial charge in [0.25, 0.3) is 5.69 Å². The van der Waals surface area contributed by atoms with Crippen molar-refractivity contribution in [2.45, 2.75) is 31.3 Å². The van der Waals surface area contributed by atoms with Crippen molar-refractivity contribution in [3.8, 4) is 0 Å². The maximum atomic E-state index is 14.8. The number of aryl methyl sites for hydroxylation is 1. The van der Waals surface area contributed by atoms with E-state index in [9.17, 15) is 24.5 Å². The number of anilines is 2. The average molecular weight is 570 g/mol. The van der Waals surface area contributed by atoms with Crippen LogP contribution in [0, 0.1) is 23.0 Å². The smallest absolute Gasteiger partial charge is 0.269 e. The van der Waals surface area contributed by atoms with Crippen molar-refractivity contribution >= 4 is 40.1 Å². The number of carbonyl (C=O) groups excluding carboxylic acids is 3. The number of nitrogens with zero attached hydrogens (tertiary/aromatic N) is 2. The van der Waals surface area contributed by atoms with Gasteiger partial charge in [-0.3, -0.25) is 24.5 Å². The van der Waals surface area contributed by atoms with E-state index in [0.717, 1.165) is 22.4 Å². The zero-order valence-corrected chi connectivity index (χ0v) is 23.5. The molecule has 8 heteroatoms. The second-order valence-electron chi connectivity index (χ2n) is 11.4. The molecule has 3 heterocycles. The predicted molar refractivity (Wildman–Crippen MR) is 163 cm³/mol. The highest BCUT2D eigenvalue weighted by atomic mass is 16.6. The fraction of sp³-hybridized carbons (Fsp3) is 0.171. The van der Waals surface area contributed by atoms with Gasteiger partial charge in [0.1, 0.15) is 11.5 Å². The van der Waals surface area contributed by atoms with E-state index in [0.29, 0.717) is 16.8 Å². The van der Waals surface area contributed by atoms with Crippen molar-refractivity contribution in [1.29, 1.82) is 0 Å². The molecule has 0 aromatic heterocycles. The average Bonchev–Trinajstić information content (AvgIpc) is 3.49. The third-order valence-corrected chi connectivity index (χ3v) is 9.13. The minimum Gasteiger partial charge on any atom is -0.352 e. The normalized spacial score (nSPS) is 23.2. The lowest BCUT2D eigenvalue weighted by Crippen LogP contribution is -2.51. The van der Waals surface area contributed by atoms with Crippen LogP contribution in [-0.4, -0.2) is 34.5 Å². The van der Waals surface area contributed by atoms with Crippen LogP contribution in [0.5, 0.6) is 0 Å². The van der Waals surface area contributed by atoms with Gasteiger partial charge in [-0.25, -0.2) is 0 Å². The van der Waals surface area contributed by atoms with Gasteiger partial charge < -0.3 is 10.2 Å². The summed E-state index contributed by atoms with van der Waals surface area (Å²) in [5.74, 6) is -2.15. The molecule has 1 amide bonds. The van der Waals surface area contributed by atoms with Gasteiger partial charge in [0.2, 0.25) is 5.91 Å². The highest BCUT2D eigenvalue weighted by Crippen LogP contribution is 2.58. The highest BCUT2D eigenvalue weighted by Gasteiger charge is 2.70. The van der Waals surface area contributed by atoms with Crippen molar-refractivity contribution in [2.75, 3.05) is 10.2 Å². The summed E-state index contributed by atoms with van der Waals surface area (Å²) in [4.78, 5) is 56.8. The molecule has 1 N–H and O–H groups in total. The standard InChI is InChI=1S/C35H27N3O5/c1-20-11-13-22(14-12-20)32(39)30-31(33(40)23-15-17-24(18-16-23)38(42)43)37-28-10-6-3-7-25(28)21(2)19-29(37)35(30)26-8-4-5-9-27(26)36-34(35)41/h3-19,29-31H,1-2H3,(H,36,41)/t29-,30-,31-,35-/m0/s1. The molecule has 0 unspecified atom stereocenters. The molecule has 4 aromatic carbocycles. The van der Waals surface area contributed by atoms with E-state index in [-0.39, 0.29) is 28.7 Å². The summed E-state index contributed by atoms with van der Waals surface area (Å²) in [6.07, 6.45) is 2.00. The van der Waals surface area contributed by atoms with E-state index in [1.165, 1.54) is 24.3 Å². The number of carbonyl (C=O) groups is 3. The van der Waals surface area contributed by atoms with E-state index < -0.39 is 28.3 Å². The zero-order valence-electron chi connectivity index (χ0n) is 23.5. The quantitative estimate of drug-likeness (QED) is 0.175. The number of rotatable bonds is 5. The molecule has 1 spiro atoms. The van der Waals surface area contributed by atoms with E-state index in [2.05, 4.69) is 5.32 Å². The monoisotopic (exact) mass is 569 g/mol. The van der Waals surface area contributed by atoms with Crippen LogP contribution in [0.1, 0.15) is 44.3 Å². The molecule has 0 bridgehead atoms. The molecule has 0 saturated carbocycles. The number of nitrogens with one attached hydrogen (secondary N) is 1. The lowest BCUT2D eigenvalue weighted by Gasteiger charge is -2.39. The summed E-state index contributed by atoms with van der Waals surface area (Å²) < 4.78 is 0. The Bertz CT molecular complexity index is 1880. The molecular formula is C35H27N3O5. The number of hydrogen-bond acceptors (Lipinski definition) is 6. The molecule has 1 saturated heterocycles. The summed E-state index contributed by atoms with van der Waals surface area (Å²) in [5.41, 5.74) is 3.93. The van der Waals surface area contributed by atoms with Crippen molar-refractivity contribution < 1.29 is 19.3 Å². The fourth-order valence-electron chi connectivity index (χ4n) is 7.20. The predicted octanol–water partition coefficient (Wildman–Crippen LogP) is 6.15. The molecule has 8 nitrogen and oxygen atoms in total. The van der Waals surface area contributed by atoms with Crippen LogP contribution in [-0.2, 0) is 10.2 Å². The second-order valence-corrected chi connectivity index (χ2v) is 11.4. The molecule has 3 aliphatic rings. The number of para-hydroxylation sites is 2. The third kappa shape index (κ3) is 3.72. The Kier molecular flexibility index (Phi) is 5.92. The molecule has 0 radical (unpaired) electrons. The van der Waals surface area contributed by atoms with Gasteiger partial charge in [-0.2, -0.15) is 0 Å². The second kappa shape index (κ2) is 9.59. The molecule has 43 heavy (non-hydrogen) atoms. The van der Waals surface area contributed by atoms with Gasteiger partial charge in [0.15, 0.2) is 11.6 Å². The first-order valence-corrected chi connectivity index (χ1v) is 14.1. The van der Waals surface area contributed by atoms with Gasteiger partial charge in [0, 0.05) is 40.2 Å². The van der Waals surface area contributed by atoms with Crippen LogP contribution in [0.3, 0.4) is 0 Å². The van der Waals surface area contributed by atoms with Crippen LogP contribution < -0.4 is 10.2 Å². The maximum Gasteiger partial charge on any atom is 0.269 e. The van der Waals surface area contributed by atoms with Crippen molar-refractivity contribution in [2.24, 2.45) is 5.92 Å². The Hall–Kier alpha value is -5.37. The summed E-state index contributed by atoms with van der Waals surface area (Å²) in [5, 5.41) is 14.4. The number of fused-ring (bicyclic) bond motifs is 6. The highest BCUT2D eigenvalue weighted by molar-refractivity contribution is 6.18. The summed E-state index contributed by atoms with van der Waals surface area (Å²) in [7, 11) is 0. The summed E-state index contributed by atoms with van der Waals surface area (Å²) >= 11 is 0. The van der Waals surface area contributed by atoms with Gasteiger partial charge in [-0.15, -0.1) is 0 Å². The molecule has 212 valence electrons. The van der Waals surface area contributed by atoms with Gasteiger partial charge in [0.05, 0.1) is 16.9 Å². The molecule has 7 rings (SSSR count). The minimum absolute atomic E-state index is 0.143. The van der Waals surface area contributed by atoms with Crippen LogP contribution in [0.4, 0.5) is 17.1 Å². The number of non-ortho nitro benzene ring substituents is 1. The topological polar surface area (TPSA) is 110 Å². The Morgan fingerprint density at radius 2 is 1.47 bits per heavy atom. The summed E-state index contributed by atoms with van der Waals surface area (Å²) in [6.45, 7) is 3.91. The van der Waals surface area contributed by atoms with Crippen molar-refractivity contribution in [3.05, 3.63) is 141 Å². The molecule has 4 aromatic rings. The first-order valence-electron chi connectivity index (χ1n) is 14.1. The molecular weight excluding hydrogens is 542 g/mol. The van der Waals surface area contributed by atoms with E-state index in [4.69, 9.17) is 0 Å². The first kappa shape index (κ1) is 26.5. The van der Waals surface area contributed by atoms with E-state index in [1.54, 1.807) is 12.1 Å². The molecule has 3 aliphatic heterocycles. The first-order chi connectivity index (χ1) is 20.7. The van der Waals surface area contributed by atoms with Crippen molar-refractivity contribution in [3.63, 3.8) is 0 Å². The number of nitro groups is 1. The van der Waals surface area contributed by atoms with Gasteiger partial charge >= 0.3 is 0 Å². The Morgan fingerprint density at radius 1 is 0.837 bits per heavy atom. The fourth-order valence-corrected chi connectivity index (χ4v) is 7.20. The number of allylic oxidation sites excluding steroid dienone is 1. The molecule has 0 aliphatic carbocycles. The number of Topliss-reactive ketones (excluding diaryl/α,β-unsaturated/α-hetero) is 2. The third-order valence-electron chi connectivity index (χ3n) is 9.13. The number of nitro benzene ring substituents is 1. The number of ketones is 2. The SMILES string of the molecule is CC1=C[C@@H]2N(c3ccccc31)[C@H](C(=O)c1ccc([N+](=O)[O-])cc1)[C@@H](C(=O)c1ccc(C)cc1)[C@@]21C(=O)Nc2ccccc21. The van der Waals surface area contributed by atoms with Crippen LogP contribution in [0.25, 0.3) is 5.57 Å². The van der Waals surface area contributed by atoms with E-state index in [1.807, 2.05) is 85.5 Å². The van der Waals surface area contributed by atoms with Crippen molar-refractivity contribution in [1.82, 2.24) is 0 Å². The molecule has 1 fully saturated rings. The van der Waals surface area contributed by atoms with Crippen LogP contribution in [0.2, 0.25) is 0 Å². The Labute approximate surface area is 247 Å². The lowest BCUT2D eigenvalue weighted by atomic mass is 9.64. The Balaban J connectivity index is 1.53.